The maximum absolute atomic E-state index is 11.7. The van der Waals surface area contributed by atoms with Gasteiger partial charge in [0.2, 0.25) is 0 Å². The highest BCUT2D eigenvalue weighted by Crippen LogP contribution is 2.25. The first-order valence-electron chi connectivity index (χ1n) is 4.23. The Morgan fingerprint density at radius 3 is 2.73 bits per heavy atom. The van der Waals surface area contributed by atoms with Crippen molar-refractivity contribution < 1.29 is 8.42 Å². The van der Waals surface area contributed by atoms with Gasteiger partial charge in [-0.05, 0) is 18.6 Å². The van der Waals surface area contributed by atoms with E-state index in [9.17, 15) is 8.42 Å². The van der Waals surface area contributed by atoms with Gasteiger partial charge in [0, 0.05) is 0 Å². The lowest BCUT2D eigenvalue weighted by Crippen LogP contribution is -2.32. The fourth-order valence-corrected chi connectivity index (χ4v) is 3.66. The predicted octanol–water partition coefficient (Wildman–Crippen LogP) is 2.09. The average molecular weight is 264 g/mol. The summed E-state index contributed by atoms with van der Waals surface area (Å²) in [5.41, 5.74) is 0. The van der Waals surface area contributed by atoms with Crippen LogP contribution in [0.4, 0.5) is 0 Å². The van der Waals surface area contributed by atoms with Crippen molar-refractivity contribution in [1.29, 1.82) is 0 Å². The molecule has 1 aromatic heterocycles. The number of nitrogens with one attached hydrogen (secondary N) is 1. The van der Waals surface area contributed by atoms with Gasteiger partial charge in [0.15, 0.2) is 0 Å². The van der Waals surface area contributed by atoms with Crippen LogP contribution in [0.2, 0.25) is 4.34 Å². The molecule has 0 bridgehead atoms. The molecule has 1 aromatic rings. The molecule has 0 saturated carbocycles. The second kappa shape index (κ2) is 4.99. The first-order chi connectivity index (χ1) is 6.99. The number of sulfonamides is 1. The summed E-state index contributed by atoms with van der Waals surface area (Å²) < 4.78 is 26.5. The highest BCUT2D eigenvalue weighted by molar-refractivity contribution is 7.91. The SMILES string of the molecule is C#CC(CC)NS(=O)(=O)c1ccc(Cl)s1. The Balaban J connectivity index is 2.90. The second-order valence-corrected chi connectivity index (χ2v) is 6.46. The fraction of sp³-hybridized carbons (Fsp3) is 0.333. The minimum Gasteiger partial charge on any atom is -0.206 e. The van der Waals surface area contributed by atoms with Crippen molar-refractivity contribution in [2.24, 2.45) is 0 Å². The van der Waals surface area contributed by atoms with Gasteiger partial charge in [-0.2, -0.15) is 4.72 Å². The minimum atomic E-state index is -3.52. The van der Waals surface area contributed by atoms with Crippen molar-refractivity contribution in [3.8, 4) is 12.3 Å². The smallest absolute Gasteiger partial charge is 0.206 e. The molecule has 82 valence electrons. The van der Waals surface area contributed by atoms with Gasteiger partial charge in [-0.15, -0.1) is 17.8 Å². The summed E-state index contributed by atoms with van der Waals surface area (Å²) >= 11 is 6.66. The molecule has 0 amide bonds. The third kappa shape index (κ3) is 3.21. The Morgan fingerprint density at radius 1 is 1.67 bits per heavy atom. The summed E-state index contributed by atoms with van der Waals surface area (Å²) in [7, 11) is -3.52. The quantitative estimate of drug-likeness (QED) is 0.846. The molecular weight excluding hydrogens is 254 g/mol. The molecule has 0 saturated heterocycles. The van der Waals surface area contributed by atoms with Gasteiger partial charge in [0.1, 0.15) is 4.21 Å². The summed E-state index contributed by atoms with van der Waals surface area (Å²) in [5, 5.41) is 0. The van der Waals surface area contributed by atoms with Crippen LogP contribution in [0.3, 0.4) is 0 Å². The summed E-state index contributed by atoms with van der Waals surface area (Å²) in [5.74, 6) is 2.37. The van der Waals surface area contributed by atoms with Crippen LogP contribution in [0.25, 0.3) is 0 Å². The third-order valence-corrected chi connectivity index (χ3v) is 4.91. The molecule has 0 radical (unpaired) electrons. The van der Waals surface area contributed by atoms with E-state index in [2.05, 4.69) is 10.6 Å². The average Bonchev–Trinajstić information content (AvgIpc) is 2.62. The van der Waals surface area contributed by atoms with Crippen molar-refractivity contribution in [1.82, 2.24) is 4.72 Å². The van der Waals surface area contributed by atoms with Crippen molar-refractivity contribution >= 4 is 33.0 Å². The largest absolute Gasteiger partial charge is 0.251 e. The normalized spacial score (nSPS) is 13.4. The monoisotopic (exact) mass is 263 g/mol. The lowest BCUT2D eigenvalue weighted by molar-refractivity contribution is 0.572. The van der Waals surface area contributed by atoms with Gasteiger partial charge in [0.25, 0.3) is 10.0 Å². The summed E-state index contributed by atoms with van der Waals surface area (Å²) in [6.07, 6.45) is 5.72. The molecule has 1 unspecified atom stereocenters. The van der Waals surface area contributed by atoms with Crippen LogP contribution in [0.1, 0.15) is 13.3 Å². The Bertz CT molecular complexity index is 473. The number of hydrogen-bond donors (Lipinski definition) is 1. The standard InChI is InChI=1S/C9H10ClNO2S2/c1-3-7(4-2)11-15(12,13)9-6-5-8(10)14-9/h1,5-7,11H,4H2,2H3. The minimum absolute atomic E-state index is 0.182. The molecule has 1 heterocycles. The van der Waals surface area contributed by atoms with E-state index < -0.39 is 16.1 Å². The zero-order valence-corrected chi connectivity index (χ0v) is 10.4. The maximum atomic E-state index is 11.7. The van der Waals surface area contributed by atoms with Gasteiger partial charge >= 0.3 is 0 Å². The molecule has 0 aliphatic heterocycles. The highest BCUT2D eigenvalue weighted by atomic mass is 35.5. The Morgan fingerprint density at radius 2 is 2.33 bits per heavy atom. The van der Waals surface area contributed by atoms with Gasteiger partial charge in [0.05, 0.1) is 10.4 Å². The molecule has 1 N–H and O–H groups in total. The molecule has 1 atom stereocenters. The van der Waals surface area contributed by atoms with Gasteiger partial charge in [-0.3, -0.25) is 0 Å². The van der Waals surface area contributed by atoms with Crippen LogP contribution < -0.4 is 4.72 Å². The van der Waals surface area contributed by atoms with Crippen LogP contribution in [0.15, 0.2) is 16.3 Å². The summed E-state index contributed by atoms with van der Waals surface area (Å²) in [6, 6.07) is 2.52. The number of hydrogen-bond acceptors (Lipinski definition) is 3. The number of rotatable bonds is 4. The number of halogens is 1. The van der Waals surface area contributed by atoms with E-state index >= 15 is 0 Å². The van der Waals surface area contributed by atoms with Crippen LogP contribution >= 0.6 is 22.9 Å². The van der Waals surface area contributed by atoms with Gasteiger partial charge in [-0.25, -0.2) is 8.42 Å². The van der Waals surface area contributed by atoms with Crippen molar-refractivity contribution in [2.45, 2.75) is 23.6 Å². The van der Waals surface area contributed by atoms with Crippen molar-refractivity contribution in [3.63, 3.8) is 0 Å². The Labute approximate surface area is 98.5 Å². The van der Waals surface area contributed by atoms with Crippen LogP contribution in [0, 0.1) is 12.3 Å². The molecule has 0 fully saturated rings. The van der Waals surface area contributed by atoms with E-state index in [1.54, 1.807) is 0 Å². The summed E-state index contributed by atoms with van der Waals surface area (Å²) in [4.78, 5) is 0. The maximum Gasteiger partial charge on any atom is 0.251 e. The predicted molar refractivity (Wildman–Crippen MR) is 62.6 cm³/mol. The van der Waals surface area contributed by atoms with E-state index in [0.29, 0.717) is 10.8 Å². The first-order valence-corrected chi connectivity index (χ1v) is 6.91. The molecule has 3 nitrogen and oxygen atoms in total. The lowest BCUT2D eigenvalue weighted by atomic mass is 10.3. The van der Waals surface area contributed by atoms with E-state index in [4.69, 9.17) is 18.0 Å². The van der Waals surface area contributed by atoms with E-state index in [0.717, 1.165) is 11.3 Å². The van der Waals surface area contributed by atoms with Crippen molar-refractivity contribution in [3.05, 3.63) is 16.5 Å². The highest BCUT2D eigenvalue weighted by Gasteiger charge is 2.19. The number of terminal acetylenes is 1. The Hall–Kier alpha value is -0.540. The summed E-state index contributed by atoms with van der Waals surface area (Å²) in [6.45, 7) is 1.81. The van der Waals surface area contributed by atoms with E-state index in [1.807, 2.05) is 6.92 Å². The molecule has 0 aliphatic rings. The molecule has 15 heavy (non-hydrogen) atoms. The van der Waals surface area contributed by atoms with Gasteiger partial charge in [-0.1, -0.05) is 24.4 Å². The van der Waals surface area contributed by atoms with Gasteiger partial charge < -0.3 is 0 Å². The van der Waals surface area contributed by atoms with Crippen molar-refractivity contribution in [2.75, 3.05) is 0 Å². The molecular formula is C9H10ClNO2S2. The lowest BCUT2D eigenvalue weighted by Gasteiger charge is -2.09. The zero-order valence-electron chi connectivity index (χ0n) is 8.03. The fourth-order valence-electron chi connectivity index (χ4n) is 0.923. The molecule has 0 aromatic carbocycles. The second-order valence-electron chi connectivity index (χ2n) is 2.81. The number of thiophene rings is 1. The topological polar surface area (TPSA) is 46.2 Å². The van der Waals surface area contributed by atoms with Crippen LogP contribution in [0.5, 0.6) is 0 Å². The molecule has 0 spiro atoms. The zero-order chi connectivity index (χ0) is 11.5. The first kappa shape index (κ1) is 12.5. The van der Waals surface area contributed by atoms with Crippen LogP contribution in [-0.2, 0) is 10.0 Å². The Kier molecular flexibility index (Phi) is 4.17. The molecule has 1 rings (SSSR count). The van der Waals surface area contributed by atoms with E-state index in [-0.39, 0.29) is 4.21 Å². The van der Waals surface area contributed by atoms with E-state index in [1.165, 1.54) is 12.1 Å². The molecule has 6 heteroatoms. The van der Waals surface area contributed by atoms with Crippen LogP contribution in [-0.4, -0.2) is 14.5 Å². The molecule has 0 aliphatic carbocycles. The third-order valence-electron chi connectivity index (χ3n) is 1.72.